The van der Waals surface area contributed by atoms with Gasteiger partial charge in [0, 0.05) is 18.2 Å². The molecule has 6 heterocycles. The molecule has 26 N–H and O–H groups in total. The Morgan fingerprint density at radius 2 is 1.19 bits per heavy atom. The summed E-state index contributed by atoms with van der Waals surface area (Å²) < 4.78 is 42.0. The Morgan fingerprint density at radius 3 is 1.85 bits per heavy atom. The van der Waals surface area contributed by atoms with Crippen molar-refractivity contribution in [3.05, 3.63) is 131 Å². The van der Waals surface area contributed by atoms with Crippen molar-refractivity contribution in [1.29, 1.82) is 0 Å². The van der Waals surface area contributed by atoms with Crippen molar-refractivity contribution in [2.24, 2.45) is 16.5 Å². The lowest BCUT2D eigenvalue weighted by Gasteiger charge is -2.46. The Morgan fingerprint density at radius 1 is 0.604 bits per heavy atom. The monoisotopic (exact) mass is 1490 g/mol. The number of rotatable bonds is 23. The van der Waals surface area contributed by atoms with Crippen molar-refractivity contribution in [3.63, 3.8) is 0 Å². The molecule has 6 aliphatic heterocycles. The van der Waals surface area contributed by atoms with Crippen molar-refractivity contribution >= 4 is 47.3 Å². The second-order valence-electron chi connectivity index (χ2n) is 26.4. The maximum absolute atomic E-state index is 15.2. The van der Waals surface area contributed by atoms with Crippen LogP contribution in [0.4, 0.5) is 0 Å². The first kappa shape index (κ1) is 79.7. The van der Waals surface area contributed by atoms with E-state index in [2.05, 4.69) is 46.9 Å². The number of nitrogens with two attached hydrogens (primary N) is 2. The van der Waals surface area contributed by atoms with Crippen LogP contribution >= 0.6 is 0 Å². The molecule has 0 aliphatic carbocycles. The van der Waals surface area contributed by atoms with Gasteiger partial charge < -0.3 is 131 Å². The van der Waals surface area contributed by atoms with Crippen molar-refractivity contribution in [2.75, 3.05) is 46.1 Å². The van der Waals surface area contributed by atoms with Crippen LogP contribution in [-0.4, -0.2) is 316 Å². The van der Waals surface area contributed by atoms with E-state index >= 15 is 9.59 Å². The average molecular weight is 1490 g/mol. The minimum atomic E-state index is -2.30. The Balaban J connectivity index is 0.882. The Labute approximate surface area is 605 Å². The zero-order valence-corrected chi connectivity index (χ0v) is 57.1. The maximum atomic E-state index is 15.2. The molecule has 0 bridgehead atoms. The van der Waals surface area contributed by atoms with E-state index in [1.807, 2.05) is 30.3 Å². The van der Waals surface area contributed by atoms with E-state index in [-0.39, 0.29) is 43.0 Å². The summed E-state index contributed by atoms with van der Waals surface area (Å²) in [6.45, 7) is -2.75. The van der Waals surface area contributed by atoms with Crippen molar-refractivity contribution in [2.45, 2.75) is 179 Å². The van der Waals surface area contributed by atoms with Gasteiger partial charge in [-0.1, -0.05) is 91.9 Å². The maximum Gasteiger partial charge on any atom is 0.358 e. The number of nitrogens with zero attached hydrogens (tertiary/aromatic N) is 2. The van der Waals surface area contributed by atoms with Crippen LogP contribution in [0.5, 0.6) is 11.5 Å². The molecular formula is C68H92N12O26+2. The lowest BCUT2D eigenvalue weighted by molar-refractivity contribution is -0.663. The highest BCUT2D eigenvalue weighted by Crippen LogP contribution is 2.32. The summed E-state index contributed by atoms with van der Waals surface area (Å²) in [5, 5.41) is 184. The lowest BCUT2D eigenvalue weighted by Crippen LogP contribution is -2.80. The number of hydrogen-bond acceptors (Lipinski definition) is 30. The number of hydrogen-bond donors (Lipinski definition) is 24. The van der Waals surface area contributed by atoms with E-state index in [1.165, 1.54) is 24.3 Å². The number of carbonyl (C=O) groups is 4. The molecule has 0 saturated carbocycles. The Bertz CT molecular complexity index is 3720. The highest BCUT2D eigenvalue weighted by atomic mass is 16.7. The minimum Gasteiger partial charge on any atom is -0.858 e. The summed E-state index contributed by atoms with van der Waals surface area (Å²) in [5.74, 6) is -7.94. The number of aliphatic hydroxyl groups excluding tert-OH is 14. The molecule has 38 heteroatoms. The normalized spacial score (nSPS) is 33.8. The number of benzene rings is 4. The second-order valence-corrected chi connectivity index (χ2v) is 26.4. The molecule has 4 aromatic rings. The van der Waals surface area contributed by atoms with Gasteiger partial charge in [0.1, 0.15) is 146 Å². The number of ether oxygens (including phenoxy) is 7. The molecule has 3 saturated heterocycles. The highest BCUT2D eigenvalue weighted by molar-refractivity contribution is 5.97. The zero-order valence-electron chi connectivity index (χ0n) is 57.1. The third kappa shape index (κ3) is 18.9. The molecule has 0 spiro atoms. The molecule has 4 aromatic carbocycles. The number of carbonyl (C=O) groups excluding carboxylic acids is 4. The number of guanidine groups is 2. The van der Waals surface area contributed by atoms with E-state index in [9.17, 15) is 86.2 Å². The standard InChI is InChI=1S/C68H90N12O26/c1-30(34-10-6-3-7-11-34)45-61(97)74-37(20-31-12-18-36(19-13-31)102-65-57(94)54(91)58(42(26-83)104-65)106-66-56(93)53(90)51(88)43(105-66)29-100-27-33-14-16-35(17-15-33)101-28-32-8-4-2-5-9-32)60(96)78-46(48(85)38-21-72-67(69)76-38)63(99)79-47(62(98)75-39(24-81)59(95)71-23-44(84)77-45)49(86)40-22-73-68(70)80(40)64-55(92)52(89)50(87)41(25-82)103-64/h2-19,30,37-43,45-58,64-66,81-83,85-94H,20-29H2,1H3,(H11,69,70,71,72,73,74,75,76,77,78,79,84,95,96,97,98,99)/p+2/t30-,37-,38+,39+,40+,41+,42-,43+,45+,46+,47-,48-,49-,50+,51+,52+,53+,54?,55+,56+,57-,58+,64-,65-,66+/m1/s1. The van der Waals surface area contributed by atoms with Crippen molar-refractivity contribution in [3.8, 4) is 11.5 Å². The SMILES string of the molecule is C[C@H](c1ccccc1)[C@@H]1N=C([O-])C[NH+]=C(O)[C@H](CO)NC(=O)[C@@H]([C@H](O)[C@@H]2CNC(N)=[N+]2[C@@H]2O[C@@H](CO)[C@H](O)[C@H](O)[C@@H]2O)NC(=O)[C@H]([C@H](O)[C@@H]2C[NH+]=C(N)N2)NC(=O)[C@@H](Cc2ccc(O[C@@H]3O[C@H](CO)[C@H](O[C@@H]4O[C@@H](COCc5ccc(OCc6ccccc6)cc5)[C@H](O)[C@H](O)[C@@H]4O)C(O)[C@H]3O)cc2)NC1=O. The number of aliphatic imine (C=N–C) groups is 1. The molecule has 578 valence electrons. The minimum absolute atomic E-state index is 0.0298. The molecule has 106 heavy (non-hydrogen) atoms. The van der Waals surface area contributed by atoms with Crippen LogP contribution in [0.15, 0.2) is 114 Å². The summed E-state index contributed by atoms with van der Waals surface area (Å²) in [5.41, 5.74) is 14.7. The van der Waals surface area contributed by atoms with E-state index in [4.69, 9.17) is 44.6 Å². The van der Waals surface area contributed by atoms with Crippen LogP contribution in [0.2, 0.25) is 0 Å². The zero-order chi connectivity index (χ0) is 76.2. The van der Waals surface area contributed by atoms with E-state index in [1.54, 1.807) is 61.5 Å². The smallest absolute Gasteiger partial charge is 0.358 e. The van der Waals surface area contributed by atoms with Crippen LogP contribution < -0.4 is 67.9 Å². The first-order valence-electron chi connectivity index (χ1n) is 34.2. The molecule has 6 aliphatic rings. The summed E-state index contributed by atoms with van der Waals surface area (Å²) >= 11 is 0. The van der Waals surface area contributed by atoms with Gasteiger partial charge in [-0.25, -0.2) is 9.57 Å². The summed E-state index contributed by atoms with van der Waals surface area (Å²) in [6.07, 6.45) is -31.3. The van der Waals surface area contributed by atoms with Gasteiger partial charge in [0.2, 0.25) is 36.1 Å². The van der Waals surface area contributed by atoms with Crippen LogP contribution in [0.1, 0.15) is 35.1 Å². The van der Waals surface area contributed by atoms with E-state index < -0.39 is 227 Å². The number of amides is 4. The van der Waals surface area contributed by atoms with Gasteiger partial charge in [0.15, 0.2) is 18.9 Å². The molecule has 0 radical (unpaired) electrons. The Hall–Kier alpha value is -8.88. The predicted molar refractivity (Wildman–Crippen MR) is 360 cm³/mol. The number of aliphatic hydroxyl groups is 14. The first-order valence-corrected chi connectivity index (χ1v) is 34.2. The van der Waals surface area contributed by atoms with Crippen LogP contribution in [0, 0.1) is 0 Å². The quantitative estimate of drug-likeness (QED) is 0.0307. The third-order valence-corrected chi connectivity index (χ3v) is 19.1. The molecule has 4 amide bonds. The summed E-state index contributed by atoms with van der Waals surface area (Å²) in [4.78, 5) is 69.3. The second kappa shape index (κ2) is 36.1. The molecule has 3 fully saturated rings. The van der Waals surface area contributed by atoms with Gasteiger partial charge in [-0.15, -0.1) is 0 Å². The lowest BCUT2D eigenvalue weighted by atomic mass is 9.92. The van der Waals surface area contributed by atoms with Crippen molar-refractivity contribution < 1.29 is 143 Å². The van der Waals surface area contributed by atoms with Crippen LogP contribution in [0.25, 0.3) is 0 Å². The molecule has 10 rings (SSSR count). The van der Waals surface area contributed by atoms with Crippen LogP contribution in [0.3, 0.4) is 0 Å². The molecule has 1 unspecified atom stereocenters. The van der Waals surface area contributed by atoms with Gasteiger partial charge in [-0.2, -0.15) is 0 Å². The van der Waals surface area contributed by atoms with Gasteiger partial charge >= 0.3 is 17.8 Å². The van der Waals surface area contributed by atoms with Gasteiger partial charge in [-0.3, -0.25) is 51.3 Å². The highest BCUT2D eigenvalue weighted by Gasteiger charge is 2.55. The molecule has 38 nitrogen and oxygen atoms in total. The van der Waals surface area contributed by atoms with E-state index in [0.717, 1.165) is 15.7 Å². The van der Waals surface area contributed by atoms with Gasteiger partial charge in [0.25, 0.3) is 0 Å². The molecule has 25 atom stereocenters. The average Bonchev–Trinajstić information content (AvgIpc) is 1.73. The Kier molecular flexibility index (Phi) is 27.2. The largest absolute Gasteiger partial charge is 0.858 e. The predicted octanol–water partition coefficient (Wildman–Crippen LogP) is -13.9. The molecule has 0 aromatic heterocycles. The summed E-state index contributed by atoms with van der Waals surface area (Å²) in [7, 11) is 0. The topological polar surface area (TPSA) is 607 Å². The van der Waals surface area contributed by atoms with Crippen LogP contribution in [-0.2, 0) is 62.5 Å². The molecular weight excluding hydrogens is 1400 g/mol. The summed E-state index contributed by atoms with van der Waals surface area (Å²) in [6, 6.07) is 17.7. The van der Waals surface area contributed by atoms with Gasteiger partial charge in [0.05, 0.1) is 39.6 Å². The fraction of sp³-hybridized carbons (Fsp3) is 0.529. The number of nitrogens with one attached hydrogen (secondary N) is 8. The fourth-order valence-corrected chi connectivity index (χ4v) is 13.0. The van der Waals surface area contributed by atoms with E-state index in [0.29, 0.717) is 17.9 Å². The van der Waals surface area contributed by atoms with Crippen molar-refractivity contribution in [1.82, 2.24) is 31.9 Å². The fourth-order valence-electron chi connectivity index (χ4n) is 13.0. The third-order valence-electron chi connectivity index (χ3n) is 19.1. The van der Waals surface area contributed by atoms with Gasteiger partial charge in [-0.05, 0) is 46.5 Å². The first-order chi connectivity index (χ1) is 50.8.